The normalized spacial score (nSPS) is 11.1. The van der Waals surface area contributed by atoms with Crippen LogP contribution < -0.4 is 0 Å². The van der Waals surface area contributed by atoms with Gasteiger partial charge in [0.1, 0.15) is 0 Å². The summed E-state index contributed by atoms with van der Waals surface area (Å²) in [7, 11) is 0. The largest absolute Gasteiger partial charge is 0.342 e. The molecule has 0 N–H and O–H groups in total. The molecular formula is C13H10ClNS. The summed E-state index contributed by atoms with van der Waals surface area (Å²) in [5.41, 5.74) is 1.20. The highest BCUT2D eigenvalue weighted by atomic mass is 35.5. The number of hydrogen-bond acceptors (Lipinski definition) is 1. The van der Waals surface area contributed by atoms with Crippen molar-refractivity contribution in [3.8, 4) is 0 Å². The van der Waals surface area contributed by atoms with E-state index in [2.05, 4.69) is 40.4 Å². The summed E-state index contributed by atoms with van der Waals surface area (Å²) in [5, 5.41) is 4.05. The van der Waals surface area contributed by atoms with E-state index in [1.807, 2.05) is 12.1 Å². The average molecular weight is 248 g/mol. The minimum atomic E-state index is 0.822. The molecule has 16 heavy (non-hydrogen) atoms. The van der Waals surface area contributed by atoms with E-state index in [1.54, 1.807) is 11.3 Å². The second-order valence-corrected chi connectivity index (χ2v) is 5.14. The van der Waals surface area contributed by atoms with Crippen molar-refractivity contribution >= 4 is 33.8 Å². The van der Waals surface area contributed by atoms with Gasteiger partial charge in [-0.05, 0) is 29.6 Å². The summed E-state index contributed by atoms with van der Waals surface area (Å²) in [6.45, 7) is 0.918. The van der Waals surface area contributed by atoms with Gasteiger partial charge in [0.15, 0.2) is 0 Å². The van der Waals surface area contributed by atoms with Crippen LogP contribution in [0, 0.1) is 0 Å². The van der Waals surface area contributed by atoms with Crippen molar-refractivity contribution in [1.29, 1.82) is 0 Å². The highest BCUT2D eigenvalue weighted by Crippen LogP contribution is 2.25. The number of hydrogen-bond donors (Lipinski definition) is 0. The molecular weight excluding hydrogens is 238 g/mol. The molecule has 0 bridgehead atoms. The highest BCUT2D eigenvalue weighted by Gasteiger charge is 2.04. The fourth-order valence-corrected chi connectivity index (χ4v) is 2.83. The second-order valence-electron chi connectivity index (χ2n) is 3.70. The Bertz CT molecular complexity index is 610. The molecule has 2 heterocycles. The summed E-state index contributed by atoms with van der Waals surface area (Å²) in [5.74, 6) is 0. The number of fused-ring (bicyclic) bond motifs is 1. The summed E-state index contributed by atoms with van der Waals surface area (Å²) in [6, 6.07) is 12.3. The highest BCUT2D eigenvalue weighted by molar-refractivity contribution is 7.09. The lowest BCUT2D eigenvalue weighted by atomic mass is 10.2. The molecule has 0 saturated heterocycles. The molecule has 0 aliphatic heterocycles. The van der Waals surface area contributed by atoms with Gasteiger partial charge in [-0.25, -0.2) is 0 Å². The predicted molar refractivity (Wildman–Crippen MR) is 70.4 cm³/mol. The molecule has 0 saturated carbocycles. The van der Waals surface area contributed by atoms with Crippen molar-refractivity contribution in [3.05, 3.63) is 57.9 Å². The van der Waals surface area contributed by atoms with Crippen LogP contribution in [0.2, 0.25) is 5.02 Å². The van der Waals surface area contributed by atoms with Gasteiger partial charge in [0.2, 0.25) is 0 Å². The van der Waals surface area contributed by atoms with E-state index in [4.69, 9.17) is 11.6 Å². The number of nitrogens with zero attached hydrogens (tertiary/aromatic N) is 1. The molecule has 0 spiro atoms. The van der Waals surface area contributed by atoms with Crippen molar-refractivity contribution in [2.45, 2.75) is 6.54 Å². The van der Waals surface area contributed by atoms with E-state index in [0.29, 0.717) is 0 Å². The third kappa shape index (κ3) is 1.64. The molecule has 3 rings (SSSR count). The molecule has 3 aromatic rings. The third-order valence-electron chi connectivity index (χ3n) is 2.67. The van der Waals surface area contributed by atoms with E-state index < -0.39 is 0 Å². The first-order valence-electron chi connectivity index (χ1n) is 5.10. The number of halogens is 1. The van der Waals surface area contributed by atoms with Crippen LogP contribution in [0.25, 0.3) is 10.9 Å². The Balaban J connectivity index is 2.08. The lowest BCUT2D eigenvalue weighted by molar-refractivity contribution is 0.852. The zero-order valence-corrected chi connectivity index (χ0v) is 10.1. The number of thiophene rings is 1. The molecule has 0 atom stereocenters. The van der Waals surface area contributed by atoms with Gasteiger partial charge in [-0.1, -0.05) is 23.7 Å². The number of aromatic nitrogens is 1. The molecule has 3 heteroatoms. The van der Waals surface area contributed by atoms with Gasteiger partial charge < -0.3 is 4.57 Å². The Labute approximate surface area is 103 Å². The number of benzene rings is 1. The van der Waals surface area contributed by atoms with Crippen molar-refractivity contribution in [1.82, 2.24) is 4.57 Å². The maximum Gasteiger partial charge on any atom is 0.0569 e. The fourth-order valence-electron chi connectivity index (χ4n) is 1.89. The topological polar surface area (TPSA) is 4.93 Å². The van der Waals surface area contributed by atoms with Crippen molar-refractivity contribution < 1.29 is 0 Å². The van der Waals surface area contributed by atoms with Crippen LogP contribution in [-0.4, -0.2) is 4.57 Å². The van der Waals surface area contributed by atoms with Crippen LogP contribution in [0.4, 0.5) is 0 Å². The molecule has 1 nitrogen and oxygen atoms in total. The molecule has 0 amide bonds. The minimum Gasteiger partial charge on any atom is -0.342 e. The fraction of sp³-hybridized carbons (Fsp3) is 0.0769. The third-order valence-corrected chi connectivity index (χ3v) is 3.86. The first-order chi connectivity index (χ1) is 7.84. The molecule has 0 unspecified atom stereocenters. The Morgan fingerprint density at radius 2 is 2.06 bits per heavy atom. The van der Waals surface area contributed by atoms with Gasteiger partial charge in [-0.3, -0.25) is 0 Å². The van der Waals surface area contributed by atoms with Crippen LogP contribution in [-0.2, 0) is 6.54 Å². The Kier molecular flexibility index (Phi) is 2.46. The van der Waals surface area contributed by atoms with Gasteiger partial charge in [0, 0.05) is 27.0 Å². The van der Waals surface area contributed by atoms with E-state index in [9.17, 15) is 0 Å². The molecule has 2 aromatic heterocycles. The Morgan fingerprint density at radius 1 is 1.12 bits per heavy atom. The van der Waals surface area contributed by atoms with Gasteiger partial charge in [-0.2, -0.15) is 0 Å². The average Bonchev–Trinajstić information content (AvgIpc) is 2.90. The van der Waals surface area contributed by atoms with Crippen molar-refractivity contribution in [2.75, 3.05) is 0 Å². The molecule has 80 valence electrons. The molecule has 0 fully saturated rings. The first-order valence-corrected chi connectivity index (χ1v) is 6.36. The maximum absolute atomic E-state index is 6.14. The van der Waals surface area contributed by atoms with Crippen LogP contribution >= 0.6 is 22.9 Å². The van der Waals surface area contributed by atoms with E-state index >= 15 is 0 Å². The Morgan fingerprint density at radius 3 is 2.88 bits per heavy atom. The monoisotopic (exact) mass is 247 g/mol. The predicted octanol–water partition coefficient (Wildman–Crippen LogP) is 4.40. The van der Waals surface area contributed by atoms with Crippen molar-refractivity contribution in [3.63, 3.8) is 0 Å². The van der Waals surface area contributed by atoms with Gasteiger partial charge in [-0.15, -0.1) is 11.3 Å². The lowest BCUT2D eigenvalue weighted by Gasteiger charge is -2.03. The molecule has 0 aliphatic carbocycles. The second kappa shape index (κ2) is 3.96. The van der Waals surface area contributed by atoms with Crippen LogP contribution in [0.15, 0.2) is 48.0 Å². The minimum absolute atomic E-state index is 0.822. The molecule has 0 radical (unpaired) electrons. The summed E-state index contributed by atoms with van der Waals surface area (Å²) in [4.78, 5) is 1.36. The maximum atomic E-state index is 6.14. The zero-order valence-electron chi connectivity index (χ0n) is 8.56. The van der Waals surface area contributed by atoms with Gasteiger partial charge in [0.05, 0.1) is 6.54 Å². The first kappa shape index (κ1) is 9.94. The van der Waals surface area contributed by atoms with Crippen LogP contribution in [0.3, 0.4) is 0 Å². The van der Waals surface area contributed by atoms with Crippen LogP contribution in [0.1, 0.15) is 4.88 Å². The van der Waals surface area contributed by atoms with E-state index in [-0.39, 0.29) is 0 Å². The van der Waals surface area contributed by atoms with E-state index in [0.717, 1.165) is 17.0 Å². The van der Waals surface area contributed by atoms with E-state index in [1.165, 1.54) is 10.4 Å². The van der Waals surface area contributed by atoms with Crippen LogP contribution in [0.5, 0.6) is 0 Å². The smallest absolute Gasteiger partial charge is 0.0569 e. The number of rotatable bonds is 2. The molecule has 1 aromatic carbocycles. The quantitative estimate of drug-likeness (QED) is 0.632. The zero-order chi connectivity index (χ0) is 11.0. The lowest BCUT2D eigenvalue weighted by Crippen LogP contribution is -1.94. The SMILES string of the molecule is Clc1cccc2c1ccn2Cc1cccs1. The molecule has 0 aliphatic rings. The Hall–Kier alpha value is -1.25. The standard InChI is InChI=1S/C13H10ClNS/c14-12-4-1-5-13-11(12)6-7-15(13)9-10-3-2-8-16-10/h1-8H,9H2. The van der Waals surface area contributed by atoms with Gasteiger partial charge in [0.25, 0.3) is 0 Å². The van der Waals surface area contributed by atoms with Crippen molar-refractivity contribution in [2.24, 2.45) is 0 Å². The summed E-state index contributed by atoms with van der Waals surface area (Å²) < 4.78 is 2.23. The summed E-state index contributed by atoms with van der Waals surface area (Å²) >= 11 is 7.92. The van der Waals surface area contributed by atoms with Gasteiger partial charge >= 0.3 is 0 Å². The summed E-state index contributed by atoms with van der Waals surface area (Å²) in [6.07, 6.45) is 2.09.